The first-order chi connectivity index (χ1) is 11.8. The number of nitrogens with zero attached hydrogens (tertiary/aromatic N) is 2. The molecule has 0 aliphatic carbocycles. The van der Waals surface area contributed by atoms with Crippen LogP contribution in [0.3, 0.4) is 0 Å². The highest BCUT2D eigenvalue weighted by Gasteiger charge is 2.13. The maximum Gasteiger partial charge on any atom is 0.231 e. The number of carbonyl (C=O) groups is 1. The number of carbonyl (C=O) groups excluding carboxylic acids is 1. The van der Waals surface area contributed by atoms with Crippen LogP contribution >= 0.6 is 11.3 Å². The molecule has 3 aromatic rings. The summed E-state index contributed by atoms with van der Waals surface area (Å²) in [5.41, 5.74) is 1.76. The van der Waals surface area contributed by atoms with Crippen LogP contribution < -0.4 is 5.32 Å². The Kier molecular flexibility index (Phi) is 5.38. The van der Waals surface area contributed by atoms with Gasteiger partial charge in [-0.25, -0.2) is 0 Å². The zero-order valence-electron chi connectivity index (χ0n) is 13.5. The summed E-state index contributed by atoms with van der Waals surface area (Å²) in [5.74, 6) is 1.17. The average Bonchev–Trinajstić information content (AvgIpc) is 3.26. The lowest BCUT2D eigenvalue weighted by molar-refractivity contribution is -0.116. The van der Waals surface area contributed by atoms with Crippen molar-refractivity contribution < 1.29 is 9.32 Å². The molecule has 0 aliphatic heterocycles. The molecule has 0 atom stereocenters. The standard InChI is InChI=1S/C18H19N3O2S/c1-2-3-10-16(22)19-14-8-5-4-7-13(14)12-17-20-18(21-23-17)15-9-6-11-24-15/h4-9,11H,2-3,10,12H2,1H3,(H,19,22). The van der Waals surface area contributed by atoms with Crippen LogP contribution in [0, 0.1) is 0 Å². The maximum atomic E-state index is 12.0. The number of thiophene rings is 1. The Balaban J connectivity index is 1.72. The molecule has 0 radical (unpaired) electrons. The normalized spacial score (nSPS) is 10.7. The molecule has 0 saturated carbocycles. The van der Waals surface area contributed by atoms with E-state index in [0.717, 1.165) is 29.0 Å². The van der Waals surface area contributed by atoms with Gasteiger partial charge in [-0.1, -0.05) is 42.8 Å². The Morgan fingerprint density at radius 3 is 2.92 bits per heavy atom. The highest BCUT2D eigenvalue weighted by Crippen LogP contribution is 2.23. The molecule has 5 nitrogen and oxygen atoms in total. The fraction of sp³-hybridized carbons (Fsp3) is 0.278. The summed E-state index contributed by atoms with van der Waals surface area (Å²) in [6.45, 7) is 2.07. The molecule has 124 valence electrons. The lowest BCUT2D eigenvalue weighted by atomic mass is 10.1. The van der Waals surface area contributed by atoms with Crippen molar-refractivity contribution in [3.8, 4) is 10.7 Å². The van der Waals surface area contributed by atoms with E-state index in [1.165, 1.54) is 0 Å². The molecule has 0 aliphatic rings. The summed E-state index contributed by atoms with van der Waals surface area (Å²) < 4.78 is 5.35. The van der Waals surface area contributed by atoms with E-state index in [2.05, 4.69) is 22.4 Å². The number of para-hydroxylation sites is 1. The first-order valence-electron chi connectivity index (χ1n) is 8.00. The van der Waals surface area contributed by atoms with Gasteiger partial charge >= 0.3 is 0 Å². The first-order valence-corrected chi connectivity index (χ1v) is 8.88. The summed E-state index contributed by atoms with van der Waals surface area (Å²) in [6, 6.07) is 11.6. The van der Waals surface area contributed by atoms with Crippen LogP contribution in [0.1, 0.15) is 37.6 Å². The minimum absolute atomic E-state index is 0.0362. The molecular formula is C18H19N3O2S. The molecule has 24 heavy (non-hydrogen) atoms. The summed E-state index contributed by atoms with van der Waals surface area (Å²) >= 11 is 1.57. The van der Waals surface area contributed by atoms with E-state index in [0.29, 0.717) is 24.6 Å². The molecule has 0 spiro atoms. The monoisotopic (exact) mass is 341 g/mol. The second kappa shape index (κ2) is 7.88. The van der Waals surface area contributed by atoms with Gasteiger partial charge in [-0.05, 0) is 29.5 Å². The third kappa shape index (κ3) is 4.08. The fourth-order valence-electron chi connectivity index (χ4n) is 2.34. The minimum Gasteiger partial charge on any atom is -0.339 e. The van der Waals surface area contributed by atoms with Crippen LogP contribution in [0.2, 0.25) is 0 Å². The van der Waals surface area contributed by atoms with Gasteiger partial charge in [0.2, 0.25) is 17.6 Å². The van der Waals surface area contributed by atoms with Gasteiger partial charge in [-0.15, -0.1) is 11.3 Å². The van der Waals surface area contributed by atoms with Gasteiger partial charge < -0.3 is 9.84 Å². The van der Waals surface area contributed by atoms with Crippen LogP contribution in [-0.2, 0) is 11.2 Å². The topological polar surface area (TPSA) is 68.0 Å². The number of nitrogens with one attached hydrogen (secondary N) is 1. The number of rotatable bonds is 7. The van der Waals surface area contributed by atoms with Crippen LogP contribution in [0.15, 0.2) is 46.3 Å². The zero-order valence-corrected chi connectivity index (χ0v) is 14.3. The minimum atomic E-state index is 0.0362. The number of hydrogen-bond acceptors (Lipinski definition) is 5. The molecule has 6 heteroatoms. The van der Waals surface area contributed by atoms with Crippen molar-refractivity contribution in [3.05, 3.63) is 53.2 Å². The Morgan fingerprint density at radius 1 is 1.25 bits per heavy atom. The summed E-state index contributed by atoms with van der Waals surface area (Å²) in [6.07, 6.45) is 2.92. The molecule has 1 aromatic carbocycles. The summed E-state index contributed by atoms with van der Waals surface area (Å²) in [7, 11) is 0. The van der Waals surface area contributed by atoms with Crippen LogP contribution in [-0.4, -0.2) is 16.0 Å². The molecule has 2 heterocycles. The van der Waals surface area contributed by atoms with Gasteiger partial charge in [0.1, 0.15) is 0 Å². The van der Waals surface area contributed by atoms with Gasteiger partial charge in [0, 0.05) is 12.1 Å². The average molecular weight is 341 g/mol. The van der Waals surface area contributed by atoms with E-state index in [1.54, 1.807) is 11.3 Å². The van der Waals surface area contributed by atoms with Gasteiger partial charge in [-0.3, -0.25) is 4.79 Å². The smallest absolute Gasteiger partial charge is 0.231 e. The maximum absolute atomic E-state index is 12.0. The molecule has 2 aromatic heterocycles. The van der Waals surface area contributed by atoms with Crippen molar-refractivity contribution >= 4 is 22.9 Å². The van der Waals surface area contributed by atoms with Crippen molar-refractivity contribution in [2.75, 3.05) is 5.32 Å². The van der Waals surface area contributed by atoms with Crippen molar-refractivity contribution in [1.29, 1.82) is 0 Å². The van der Waals surface area contributed by atoms with E-state index < -0.39 is 0 Å². The fourth-order valence-corrected chi connectivity index (χ4v) is 2.99. The predicted octanol–water partition coefficient (Wildman–Crippen LogP) is 4.52. The Hall–Kier alpha value is -2.47. The van der Waals surface area contributed by atoms with E-state index in [1.807, 2.05) is 41.8 Å². The number of aromatic nitrogens is 2. The van der Waals surface area contributed by atoms with E-state index in [9.17, 15) is 4.79 Å². The molecule has 1 amide bonds. The van der Waals surface area contributed by atoms with Crippen molar-refractivity contribution in [2.45, 2.75) is 32.6 Å². The summed E-state index contributed by atoms with van der Waals surface area (Å²) in [5, 5.41) is 8.97. The molecular weight excluding hydrogens is 322 g/mol. The zero-order chi connectivity index (χ0) is 16.8. The molecule has 0 fully saturated rings. The predicted molar refractivity (Wildman–Crippen MR) is 95.0 cm³/mol. The van der Waals surface area contributed by atoms with Crippen molar-refractivity contribution in [2.24, 2.45) is 0 Å². The number of benzene rings is 1. The number of unbranched alkanes of at least 4 members (excludes halogenated alkanes) is 1. The Bertz CT molecular complexity index is 796. The molecule has 0 saturated heterocycles. The third-order valence-electron chi connectivity index (χ3n) is 3.60. The third-order valence-corrected chi connectivity index (χ3v) is 4.47. The molecule has 0 unspecified atom stereocenters. The van der Waals surface area contributed by atoms with Crippen LogP contribution in [0.4, 0.5) is 5.69 Å². The Labute approximate surface area is 144 Å². The SMILES string of the molecule is CCCCC(=O)Nc1ccccc1Cc1nc(-c2cccs2)no1. The number of amides is 1. The highest BCUT2D eigenvalue weighted by molar-refractivity contribution is 7.13. The largest absolute Gasteiger partial charge is 0.339 e. The van der Waals surface area contributed by atoms with E-state index in [4.69, 9.17) is 4.52 Å². The second-order valence-electron chi connectivity index (χ2n) is 5.47. The lowest BCUT2D eigenvalue weighted by Crippen LogP contribution is -2.12. The van der Waals surface area contributed by atoms with Gasteiger partial charge in [0.15, 0.2) is 0 Å². The van der Waals surface area contributed by atoms with Gasteiger partial charge in [0.25, 0.3) is 0 Å². The van der Waals surface area contributed by atoms with Gasteiger partial charge in [-0.2, -0.15) is 4.98 Å². The Morgan fingerprint density at radius 2 is 2.12 bits per heavy atom. The van der Waals surface area contributed by atoms with Crippen LogP contribution in [0.5, 0.6) is 0 Å². The first kappa shape index (κ1) is 16.4. The van der Waals surface area contributed by atoms with Crippen molar-refractivity contribution in [3.63, 3.8) is 0 Å². The molecule has 0 bridgehead atoms. The van der Waals surface area contributed by atoms with Gasteiger partial charge in [0.05, 0.1) is 11.3 Å². The molecule has 1 N–H and O–H groups in total. The highest BCUT2D eigenvalue weighted by atomic mass is 32.1. The quantitative estimate of drug-likeness (QED) is 0.686. The van der Waals surface area contributed by atoms with E-state index >= 15 is 0 Å². The number of hydrogen-bond donors (Lipinski definition) is 1. The second-order valence-corrected chi connectivity index (χ2v) is 6.42. The van der Waals surface area contributed by atoms with Crippen molar-refractivity contribution in [1.82, 2.24) is 10.1 Å². The summed E-state index contributed by atoms with van der Waals surface area (Å²) in [4.78, 5) is 17.4. The lowest BCUT2D eigenvalue weighted by Gasteiger charge is -2.09. The van der Waals surface area contributed by atoms with Crippen LogP contribution in [0.25, 0.3) is 10.7 Å². The number of anilines is 1. The molecule has 3 rings (SSSR count). The van der Waals surface area contributed by atoms with E-state index in [-0.39, 0.29) is 5.91 Å².